The van der Waals surface area contributed by atoms with Crippen LogP contribution in [0.25, 0.3) is 10.8 Å². The first-order valence-corrected chi connectivity index (χ1v) is 12.2. The van der Waals surface area contributed by atoms with Gasteiger partial charge in [0.1, 0.15) is 0 Å². The minimum Gasteiger partial charge on any atom is -0.300 e. The molecule has 9 heteroatoms. The molecule has 0 aliphatic carbocycles. The third-order valence-electron chi connectivity index (χ3n) is 5.72. The minimum atomic E-state index is -3.47. The zero-order valence-electron chi connectivity index (χ0n) is 17.7. The lowest BCUT2D eigenvalue weighted by molar-refractivity contribution is -0.384. The van der Waals surface area contributed by atoms with E-state index < -0.39 is 10.0 Å². The Balaban J connectivity index is 1.28. The van der Waals surface area contributed by atoms with E-state index in [-0.39, 0.29) is 16.4 Å². The van der Waals surface area contributed by atoms with E-state index >= 15 is 0 Å². The predicted molar refractivity (Wildman–Crippen MR) is 126 cm³/mol. The van der Waals surface area contributed by atoms with Gasteiger partial charge in [0, 0.05) is 56.8 Å². The van der Waals surface area contributed by atoms with Crippen molar-refractivity contribution in [3.8, 4) is 0 Å². The maximum absolute atomic E-state index is 12.7. The highest BCUT2D eigenvalue weighted by Crippen LogP contribution is 2.24. The van der Waals surface area contributed by atoms with Crippen LogP contribution in [0.5, 0.6) is 0 Å². The van der Waals surface area contributed by atoms with Crippen LogP contribution in [0, 0.1) is 10.1 Å². The van der Waals surface area contributed by atoms with Gasteiger partial charge in [-0.15, -0.1) is 0 Å². The van der Waals surface area contributed by atoms with Gasteiger partial charge in [-0.2, -0.15) is 0 Å². The highest BCUT2D eigenvalue weighted by molar-refractivity contribution is 7.92. The van der Waals surface area contributed by atoms with E-state index in [1.165, 1.54) is 6.07 Å². The van der Waals surface area contributed by atoms with Gasteiger partial charge in [-0.3, -0.25) is 24.6 Å². The van der Waals surface area contributed by atoms with Crippen LogP contribution in [-0.2, 0) is 16.6 Å². The first-order valence-electron chi connectivity index (χ1n) is 10.6. The number of nitro benzene ring substituents is 1. The Morgan fingerprint density at radius 2 is 1.59 bits per heavy atom. The maximum Gasteiger partial charge on any atom is 0.269 e. The lowest BCUT2D eigenvalue weighted by Crippen LogP contribution is -2.47. The Kier molecular flexibility index (Phi) is 6.69. The molecule has 1 fully saturated rings. The standard InChI is InChI=1S/C23H26N4O4S/c28-27(29)21-8-3-5-19(17-21)18-26-13-11-25(12-14-26)15-16-32(30,31)24-23-10-4-7-20-6-1-2-9-22(20)23/h1-10,17,24H,11-16,18H2. The van der Waals surface area contributed by atoms with E-state index in [0.717, 1.165) is 42.5 Å². The predicted octanol–water partition coefficient (Wildman–Crippen LogP) is 3.31. The van der Waals surface area contributed by atoms with Crippen molar-refractivity contribution in [3.63, 3.8) is 0 Å². The highest BCUT2D eigenvalue weighted by atomic mass is 32.2. The fourth-order valence-electron chi connectivity index (χ4n) is 3.98. The number of benzene rings is 3. The number of anilines is 1. The van der Waals surface area contributed by atoms with Gasteiger partial charge >= 0.3 is 0 Å². The van der Waals surface area contributed by atoms with Gasteiger partial charge in [-0.05, 0) is 17.0 Å². The summed E-state index contributed by atoms with van der Waals surface area (Å²) in [5.74, 6) is 0.0289. The first kappa shape index (κ1) is 22.2. The average Bonchev–Trinajstić information content (AvgIpc) is 2.79. The Hall–Kier alpha value is -3.01. The number of hydrogen-bond acceptors (Lipinski definition) is 6. The van der Waals surface area contributed by atoms with E-state index in [2.05, 4.69) is 14.5 Å². The van der Waals surface area contributed by atoms with Crippen LogP contribution in [0.1, 0.15) is 5.56 Å². The van der Waals surface area contributed by atoms with Gasteiger partial charge in [0.15, 0.2) is 0 Å². The molecule has 168 valence electrons. The van der Waals surface area contributed by atoms with Crippen LogP contribution in [-0.4, -0.2) is 61.6 Å². The Morgan fingerprint density at radius 3 is 2.38 bits per heavy atom. The lowest BCUT2D eigenvalue weighted by Gasteiger charge is -2.34. The molecular weight excluding hydrogens is 428 g/mol. The van der Waals surface area contributed by atoms with Crippen LogP contribution >= 0.6 is 0 Å². The largest absolute Gasteiger partial charge is 0.300 e. The zero-order valence-corrected chi connectivity index (χ0v) is 18.5. The van der Waals surface area contributed by atoms with Gasteiger partial charge in [-0.25, -0.2) is 8.42 Å². The van der Waals surface area contributed by atoms with E-state index in [4.69, 9.17) is 0 Å². The summed E-state index contributed by atoms with van der Waals surface area (Å²) in [6.07, 6.45) is 0. The highest BCUT2D eigenvalue weighted by Gasteiger charge is 2.20. The maximum atomic E-state index is 12.7. The summed E-state index contributed by atoms with van der Waals surface area (Å²) < 4.78 is 28.1. The number of non-ortho nitro benzene ring substituents is 1. The van der Waals surface area contributed by atoms with Crippen molar-refractivity contribution < 1.29 is 13.3 Å². The molecule has 0 aromatic heterocycles. The third kappa shape index (κ3) is 5.61. The molecule has 8 nitrogen and oxygen atoms in total. The number of rotatable bonds is 8. The lowest BCUT2D eigenvalue weighted by atomic mass is 10.1. The quantitative estimate of drug-likeness (QED) is 0.414. The molecule has 3 aromatic rings. The molecule has 1 saturated heterocycles. The fraction of sp³-hybridized carbons (Fsp3) is 0.304. The summed E-state index contributed by atoms with van der Waals surface area (Å²) in [7, 11) is -3.47. The molecule has 0 amide bonds. The third-order valence-corrected chi connectivity index (χ3v) is 6.97. The minimum absolute atomic E-state index is 0.0289. The summed E-state index contributed by atoms with van der Waals surface area (Å²) in [6.45, 7) is 4.22. The summed E-state index contributed by atoms with van der Waals surface area (Å²) >= 11 is 0. The summed E-state index contributed by atoms with van der Waals surface area (Å²) in [4.78, 5) is 15.0. The van der Waals surface area contributed by atoms with Gasteiger partial charge in [-0.1, -0.05) is 48.5 Å². The topological polar surface area (TPSA) is 95.8 Å². The monoisotopic (exact) mass is 454 g/mol. The van der Waals surface area contributed by atoms with Crippen LogP contribution in [0.2, 0.25) is 0 Å². The SMILES string of the molecule is O=[N+]([O-])c1cccc(CN2CCN(CCS(=O)(=O)Nc3cccc4ccccc34)CC2)c1. The van der Waals surface area contributed by atoms with Crippen molar-refractivity contribution in [1.29, 1.82) is 0 Å². The van der Waals surface area contributed by atoms with Crippen molar-refractivity contribution >= 4 is 32.2 Å². The molecule has 32 heavy (non-hydrogen) atoms. The first-order chi connectivity index (χ1) is 15.4. The molecule has 0 unspecified atom stereocenters. The molecule has 0 bridgehead atoms. The summed E-state index contributed by atoms with van der Waals surface area (Å²) in [6, 6.07) is 20.0. The van der Waals surface area contributed by atoms with Crippen molar-refractivity contribution in [1.82, 2.24) is 9.80 Å². The number of hydrogen-bond donors (Lipinski definition) is 1. The smallest absolute Gasteiger partial charge is 0.269 e. The fourth-order valence-corrected chi connectivity index (χ4v) is 5.09. The van der Waals surface area contributed by atoms with E-state index in [1.54, 1.807) is 18.2 Å². The zero-order chi connectivity index (χ0) is 22.6. The molecule has 1 aliphatic heterocycles. The number of nitrogens with one attached hydrogen (secondary N) is 1. The normalized spacial score (nSPS) is 15.6. The number of nitrogens with zero attached hydrogens (tertiary/aromatic N) is 3. The van der Waals surface area contributed by atoms with Gasteiger partial charge < -0.3 is 0 Å². The van der Waals surface area contributed by atoms with Crippen molar-refractivity contribution in [3.05, 3.63) is 82.4 Å². The van der Waals surface area contributed by atoms with Crippen LogP contribution < -0.4 is 4.72 Å². The van der Waals surface area contributed by atoms with Crippen LogP contribution in [0.4, 0.5) is 11.4 Å². The van der Waals surface area contributed by atoms with Gasteiger partial charge in [0.2, 0.25) is 10.0 Å². The van der Waals surface area contributed by atoms with Crippen LogP contribution in [0.3, 0.4) is 0 Å². The Morgan fingerprint density at radius 1 is 0.906 bits per heavy atom. The van der Waals surface area contributed by atoms with E-state index in [9.17, 15) is 18.5 Å². The van der Waals surface area contributed by atoms with E-state index in [1.807, 2.05) is 42.5 Å². The molecular formula is C23H26N4O4S. The summed E-state index contributed by atoms with van der Waals surface area (Å²) in [5, 5.41) is 12.8. The van der Waals surface area contributed by atoms with Crippen LogP contribution in [0.15, 0.2) is 66.7 Å². The molecule has 0 radical (unpaired) electrons. The van der Waals surface area contributed by atoms with Crippen molar-refractivity contribution in [2.24, 2.45) is 0 Å². The number of fused-ring (bicyclic) bond motifs is 1. The summed E-state index contributed by atoms with van der Waals surface area (Å²) in [5.41, 5.74) is 1.62. The van der Waals surface area contributed by atoms with Crippen molar-refractivity contribution in [2.75, 3.05) is 43.2 Å². The molecule has 0 spiro atoms. The second-order valence-electron chi connectivity index (χ2n) is 7.99. The number of piperazine rings is 1. The van der Waals surface area contributed by atoms with E-state index in [0.29, 0.717) is 18.8 Å². The molecule has 1 N–H and O–H groups in total. The number of sulfonamides is 1. The van der Waals surface area contributed by atoms with Crippen molar-refractivity contribution in [2.45, 2.75) is 6.54 Å². The second kappa shape index (κ2) is 9.64. The molecule has 3 aromatic carbocycles. The molecule has 4 rings (SSSR count). The van der Waals surface area contributed by atoms with Gasteiger partial charge in [0.25, 0.3) is 5.69 Å². The molecule has 1 heterocycles. The molecule has 0 saturated carbocycles. The molecule has 1 aliphatic rings. The second-order valence-corrected chi connectivity index (χ2v) is 9.83. The average molecular weight is 455 g/mol. The number of nitro groups is 1. The van der Waals surface area contributed by atoms with Gasteiger partial charge in [0.05, 0.1) is 16.4 Å². The Bertz CT molecular complexity index is 1200. The Labute approximate surface area is 187 Å². The molecule has 0 atom stereocenters.